The normalized spacial score (nSPS) is 18.9. The summed E-state index contributed by atoms with van der Waals surface area (Å²) in [5, 5.41) is 0. The summed E-state index contributed by atoms with van der Waals surface area (Å²) in [5.41, 5.74) is 0.821. The molecule has 1 aliphatic carbocycles. The van der Waals surface area contributed by atoms with Crippen LogP contribution in [0.2, 0.25) is 0 Å². The summed E-state index contributed by atoms with van der Waals surface area (Å²) >= 11 is 3.40. The molecule has 1 aromatic rings. The number of hydrogen-bond donors (Lipinski definition) is 0. The molecule has 5 nitrogen and oxygen atoms in total. The van der Waals surface area contributed by atoms with E-state index in [1.165, 1.54) is 4.90 Å². The van der Waals surface area contributed by atoms with Gasteiger partial charge < -0.3 is 9.64 Å². The molecular formula is C14H15BrN2O3. The number of benzene rings is 1. The van der Waals surface area contributed by atoms with Gasteiger partial charge in [0.2, 0.25) is 0 Å². The van der Waals surface area contributed by atoms with Crippen LogP contribution in [0.5, 0.6) is 5.75 Å². The molecule has 0 aromatic heterocycles. The van der Waals surface area contributed by atoms with E-state index in [1.807, 2.05) is 18.2 Å². The molecule has 1 heterocycles. The maximum Gasteiger partial charge on any atom is 0.327 e. The fraction of sp³-hybridized carbons (Fsp3) is 0.429. The monoisotopic (exact) mass is 338 g/mol. The first-order chi connectivity index (χ1) is 9.60. The quantitative estimate of drug-likeness (QED) is 0.792. The van der Waals surface area contributed by atoms with Crippen molar-refractivity contribution in [1.29, 1.82) is 0 Å². The van der Waals surface area contributed by atoms with Crippen LogP contribution < -0.4 is 4.74 Å². The molecule has 1 aromatic carbocycles. The number of imide groups is 1. The Kier molecular flexibility index (Phi) is 3.41. The average Bonchev–Trinajstić information content (AvgIpc) is 3.22. The van der Waals surface area contributed by atoms with Crippen LogP contribution >= 0.6 is 15.9 Å². The van der Waals surface area contributed by atoms with Crippen LogP contribution in [0, 0.1) is 0 Å². The first-order valence-corrected chi connectivity index (χ1v) is 7.33. The van der Waals surface area contributed by atoms with Crippen LogP contribution in [0.3, 0.4) is 0 Å². The zero-order chi connectivity index (χ0) is 14.3. The van der Waals surface area contributed by atoms with Crippen molar-refractivity contribution in [2.24, 2.45) is 0 Å². The van der Waals surface area contributed by atoms with Crippen LogP contribution in [0.4, 0.5) is 4.79 Å². The molecule has 106 valence electrons. The minimum atomic E-state index is -0.181. The Hall–Kier alpha value is -1.56. The topological polar surface area (TPSA) is 49.9 Å². The molecule has 2 fully saturated rings. The van der Waals surface area contributed by atoms with E-state index < -0.39 is 0 Å². The van der Waals surface area contributed by atoms with Gasteiger partial charge in [-0.15, -0.1) is 0 Å². The molecule has 3 amide bonds. The van der Waals surface area contributed by atoms with Gasteiger partial charge in [-0.2, -0.15) is 0 Å². The van der Waals surface area contributed by atoms with Gasteiger partial charge in [0.05, 0.1) is 13.7 Å². The summed E-state index contributed by atoms with van der Waals surface area (Å²) in [6.45, 7) is 0.462. The van der Waals surface area contributed by atoms with Crippen LogP contribution in [0.15, 0.2) is 22.7 Å². The fourth-order valence-corrected chi connectivity index (χ4v) is 2.84. The van der Waals surface area contributed by atoms with Crippen LogP contribution in [-0.2, 0) is 11.3 Å². The zero-order valence-electron chi connectivity index (χ0n) is 11.1. The van der Waals surface area contributed by atoms with Gasteiger partial charge in [-0.25, -0.2) is 4.79 Å². The van der Waals surface area contributed by atoms with Gasteiger partial charge in [-0.05, 0) is 31.0 Å². The van der Waals surface area contributed by atoms with Crippen molar-refractivity contribution in [1.82, 2.24) is 9.80 Å². The first kappa shape index (κ1) is 13.4. The molecular weight excluding hydrogens is 324 g/mol. The molecule has 1 saturated heterocycles. The summed E-state index contributed by atoms with van der Waals surface area (Å²) in [7, 11) is 1.58. The minimum absolute atomic E-state index is 0.135. The van der Waals surface area contributed by atoms with E-state index >= 15 is 0 Å². The number of methoxy groups -OCH3 is 1. The number of urea groups is 1. The van der Waals surface area contributed by atoms with Gasteiger partial charge >= 0.3 is 6.03 Å². The number of nitrogens with zero attached hydrogens (tertiary/aromatic N) is 2. The molecule has 3 rings (SSSR count). The Labute approximate surface area is 125 Å². The van der Waals surface area contributed by atoms with Gasteiger partial charge in [-0.3, -0.25) is 9.69 Å². The van der Waals surface area contributed by atoms with Crippen molar-refractivity contribution in [3.8, 4) is 5.75 Å². The van der Waals surface area contributed by atoms with E-state index in [0.717, 1.165) is 22.9 Å². The molecule has 0 bridgehead atoms. The lowest BCUT2D eigenvalue weighted by molar-refractivity contribution is -0.125. The van der Waals surface area contributed by atoms with E-state index in [2.05, 4.69) is 15.9 Å². The third kappa shape index (κ3) is 2.40. The molecule has 2 aliphatic rings. The predicted octanol–water partition coefficient (Wildman–Crippen LogP) is 2.38. The fourth-order valence-electron chi connectivity index (χ4n) is 2.43. The molecule has 1 saturated carbocycles. The highest BCUT2D eigenvalue weighted by Crippen LogP contribution is 2.32. The standard InChI is InChI=1S/C14H15BrN2O3/c1-20-12-5-2-10(15)6-9(12)7-17-13(18)8-16(14(17)19)11-3-4-11/h2,5-6,11H,3-4,7-8H2,1H3. The number of halogens is 1. The van der Waals surface area contributed by atoms with E-state index in [9.17, 15) is 9.59 Å². The maximum absolute atomic E-state index is 12.3. The van der Waals surface area contributed by atoms with Crippen molar-refractivity contribution in [3.63, 3.8) is 0 Å². The third-order valence-electron chi connectivity index (χ3n) is 3.64. The van der Waals surface area contributed by atoms with E-state index in [1.54, 1.807) is 12.0 Å². The molecule has 0 spiro atoms. The van der Waals surface area contributed by atoms with Crippen LogP contribution in [0.1, 0.15) is 18.4 Å². The lowest BCUT2D eigenvalue weighted by Crippen LogP contribution is -2.33. The Morgan fingerprint density at radius 1 is 1.35 bits per heavy atom. The van der Waals surface area contributed by atoms with Gasteiger partial charge in [0.1, 0.15) is 12.3 Å². The Morgan fingerprint density at radius 2 is 2.10 bits per heavy atom. The van der Waals surface area contributed by atoms with Crippen molar-refractivity contribution in [2.75, 3.05) is 13.7 Å². The summed E-state index contributed by atoms with van der Waals surface area (Å²) in [5.74, 6) is 0.544. The van der Waals surface area contributed by atoms with Gasteiger partial charge in [0.15, 0.2) is 0 Å². The number of ether oxygens (including phenoxy) is 1. The second-order valence-corrected chi connectivity index (χ2v) is 5.99. The van der Waals surface area contributed by atoms with Crippen LogP contribution in [0.25, 0.3) is 0 Å². The Morgan fingerprint density at radius 3 is 2.75 bits per heavy atom. The summed E-state index contributed by atoms with van der Waals surface area (Å²) in [6, 6.07) is 5.65. The summed E-state index contributed by atoms with van der Waals surface area (Å²) < 4.78 is 6.18. The molecule has 6 heteroatoms. The third-order valence-corrected chi connectivity index (χ3v) is 4.14. The molecule has 20 heavy (non-hydrogen) atoms. The lowest BCUT2D eigenvalue weighted by Gasteiger charge is -2.18. The zero-order valence-corrected chi connectivity index (χ0v) is 12.7. The molecule has 0 radical (unpaired) electrons. The summed E-state index contributed by atoms with van der Waals surface area (Å²) in [6.07, 6.45) is 2.01. The molecule has 0 atom stereocenters. The second kappa shape index (κ2) is 5.09. The second-order valence-electron chi connectivity index (χ2n) is 5.08. The summed E-state index contributed by atoms with van der Waals surface area (Å²) in [4.78, 5) is 27.3. The van der Waals surface area contributed by atoms with Crippen LogP contribution in [-0.4, -0.2) is 41.4 Å². The Balaban J connectivity index is 1.82. The highest BCUT2D eigenvalue weighted by atomic mass is 79.9. The highest BCUT2D eigenvalue weighted by molar-refractivity contribution is 9.10. The van der Waals surface area contributed by atoms with Gasteiger partial charge in [0.25, 0.3) is 5.91 Å². The smallest absolute Gasteiger partial charge is 0.327 e. The van der Waals surface area contributed by atoms with Crippen molar-refractivity contribution >= 4 is 27.9 Å². The molecule has 0 unspecified atom stereocenters. The largest absolute Gasteiger partial charge is 0.496 e. The van der Waals surface area contributed by atoms with E-state index in [4.69, 9.17) is 4.74 Å². The van der Waals surface area contributed by atoms with Crippen molar-refractivity contribution in [3.05, 3.63) is 28.2 Å². The SMILES string of the molecule is COc1ccc(Br)cc1CN1C(=O)CN(C2CC2)C1=O. The van der Waals surface area contributed by atoms with Crippen molar-refractivity contribution in [2.45, 2.75) is 25.4 Å². The number of carbonyl (C=O) groups excluding carboxylic acids is 2. The molecule has 1 aliphatic heterocycles. The number of hydrogen-bond acceptors (Lipinski definition) is 3. The Bertz CT molecular complexity index is 572. The number of rotatable bonds is 4. The average molecular weight is 339 g/mol. The van der Waals surface area contributed by atoms with Gasteiger partial charge in [-0.1, -0.05) is 15.9 Å². The van der Waals surface area contributed by atoms with Crippen molar-refractivity contribution < 1.29 is 14.3 Å². The maximum atomic E-state index is 12.3. The number of amides is 3. The first-order valence-electron chi connectivity index (χ1n) is 6.53. The highest BCUT2D eigenvalue weighted by Gasteiger charge is 2.43. The van der Waals surface area contributed by atoms with Gasteiger partial charge in [0, 0.05) is 16.1 Å². The molecule has 0 N–H and O–H groups in total. The number of carbonyl (C=O) groups is 2. The minimum Gasteiger partial charge on any atom is -0.496 e. The lowest BCUT2D eigenvalue weighted by atomic mass is 10.2. The predicted molar refractivity (Wildman–Crippen MR) is 76.4 cm³/mol. The van der Waals surface area contributed by atoms with E-state index in [0.29, 0.717) is 5.75 Å². The van der Waals surface area contributed by atoms with E-state index in [-0.39, 0.29) is 31.1 Å².